The van der Waals surface area contributed by atoms with Gasteiger partial charge in [-0.2, -0.15) is 0 Å². The third-order valence-corrected chi connectivity index (χ3v) is 15.7. The van der Waals surface area contributed by atoms with Crippen LogP contribution in [0.25, 0.3) is 83.5 Å². The molecule has 0 aliphatic rings. The molecule has 0 spiro atoms. The Morgan fingerprint density at radius 2 is 0.294 bits per heavy atom. The maximum Gasteiger partial charge on any atom is 0.332 e. The molecule has 0 aromatic carbocycles. The van der Waals surface area contributed by atoms with Crippen molar-refractivity contribution in [2.75, 3.05) is 343 Å². The molecular weight excluding hydrogens is 1830 g/mol. The monoisotopic (exact) mass is 1960 g/mol. The second-order valence-electron chi connectivity index (χ2n) is 26.8. The largest absolute Gasteiger partial charge is 0.464 e. The van der Waals surface area contributed by atoms with Crippen LogP contribution in [0.5, 0.6) is 0 Å². The first kappa shape index (κ1) is 125. The van der Waals surface area contributed by atoms with Gasteiger partial charge in [0, 0.05) is 105 Å². The van der Waals surface area contributed by atoms with Gasteiger partial charge < -0.3 is 137 Å². The van der Waals surface area contributed by atoms with E-state index < -0.39 is 131 Å². The Kier molecular flexibility index (Phi) is 92.5. The number of rotatable bonds is 103. The summed E-state index contributed by atoms with van der Waals surface area (Å²) in [5.74, 6) is -5.41. The fraction of sp³-hybridized carbons (Fsp3) is 0.893. The Hall–Kier alpha value is -10.6. The molecule has 61 nitrogen and oxygen atoms in total. The quantitative estimate of drug-likeness (QED) is 0.0171. The summed E-state index contributed by atoms with van der Waals surface area (Å²) in [5.41, 5.74) is 68.4. The maximum atomic E-state index is 12.5. The van der Waals surface area contributed by atoms with Crippen molar-refractivity contribution in [2.24, 2.45) is 40.9 Å². The van der Waals surface area contributed by atoms with Crippen molar-refractivity contribution in [1.29, 1.82) is 0 Å². The number of esters is 8. The summed E-state index contributed by atoms with van der Waals surface area (Å²) < 4.78 is 165. The number of carbonyl (C=O) groups excluding carboxylic acids is 8. The molecule has 0 rings (SSSR count). The highest BCUT2D eigenvalue weighted by Gasteiger charge is 2.23. The zero-order valence-corrected chi connectivity index (χ0v) is 76.4. The van der Waals surface area contributed by atoms with Gasteiger partial charge in [-0.3, -0.25) is 0 Å². The van der Waals surface area contributed by atoms with E-state index in [1.54, 1.807) is 0 Å². The molecule has 61 heteroatoms. The second-order valence-corrected chi connectivity index (χ2v) is 26.8. The first-order valence-corrected chi connectivity index (χ1v) is 43.3. The van der Waals surface area contributed by atoms with Crippen molar-refractivity contribution in [1.82, 2.24) is 0 Å². The molecule has 0 amide bonds. The predicted octanol–water partition coefficient (Wildman–Crippen LogP) is 5.89. The molecule has 0 aromatic rings. The number of azide groups is 8. The van der Waals surface area contributed by atoms with Crippen LogP contribution in [0.15, 0.2) is 40.9 Å². The smallest absolute Gasteiger partial charge is 0.332 e. The third kappa shape index (κ3) is 91.2. The van der Waals surface area contributed by atoms with Gasteiger partial charge in [-0.15, -0.1) is 0 Å². The van der Waals surface area contributed by atoms with Crippen LogP contribution in [0, 0.1) is 0 Å². The van der Waals surface area contributed by atoms with E-state index in [1.165, 1.54) is 0 Å². The molecule has 0 fully saturated rings. The van der Waals surface area contributed by atoms with Crippen molar-refractivity contribution in [3.8, 4) is 0 Å². The van der Waals surface area contributed by atoms with Crippen LogP contribution in [0.3, 0.4) is 0 Å². The lowest BCUT2D eigenvalue weighted by Crippen LogP contribution is -2.36. The van der Waals surface area contributed by atoms with Crippen molar-refractivity contribution >= 4 is 47.8 Å². The van der Waals surface area contributed by atoms with Crippen LogP contribution < -0.4 is 0 Å². The third-order valence-electron chi connectivity index (χ3n) is 15.7. The highest BCUT2D eigenvalue weighted by Crippen LogP contribution is 2.10. The van der Waals surface area contributed by atoms with Gasteiger partial charge >= 0.3 is 47.8 Å². The van der Waals surface area contributed by atoms with Crippen molar-refractivity contribution in [3.63, 3.8) is 0 Å². The second kappa shape index (κ2) is 100. The zero-order valence-electron chi connectivity index (χ0n) is 76.4. The minimum absolute atomic E-state index is 0.00106. The van der Waals surface area contributed by atoms with E-state index in [0.29, 0.717) is 32.1 Å². The van der Waals surface area contributed by atoms with Gasteiger partial charge in [0.25, 0.3) is 0 Å². The molecule has 0 bridgehead atoms. The van der Waals surface area contributed by atoms with E-state index in [9.17, 15) is 38.4 Å². The van der Waals surface area contributed by atoms with Crippen LogP contribution in [0.2, 0.25) is 0 Å². The molecule has 0 heterocycles. The summed E-state index contributed by atoms with van der Waals surface area (Å²) in [6, 6.07) is 0. The first-order chi connectivity index (χ1) is 66.7. The van der Waals surface area contributed by atoms with Crippen molar-refractivity contribution < 1.29 is 176 Å². The van der Waals surface area contributed by atoms with E-state index in [1.807, 2.05) is 0 Å². The Morgan fingerprint density at radius 3 is 0.463 bits per heavy atom. The fourth-order valence-electron chi connectivity index (χ4n) is 9.48. The molecule has 6 unspecified atom stereocenters. The number of hydrogen-bond donors (Lipinski definition) is 0. The van der Waals surface area contributed by atoms with E-state index in [-0.39, 0.29) is 322 Å². The highest BCUT2D eigenvalue weighted by molar-refractivity contribution is 5.73. The van der Waals surface area contributed by atoms with Crippen LogP contribution >= 0.6 is 0 Å². The minimum Gasteiger partial charge on any atom is -0.464 e. The van der Waals surface area contributed by atoms with Crippen molar-refractivity contribution in [2.45, 2.75) is 94.4 Å². The number of nitrogens with zero attached hydrogens (tertiary/aromatic N) is 24. The normalized spacial score (nSPS) is 12.1. The van der Waals surface area contributed by atoms with E-state index in [2.05, 4.69) is 80.2 Å². The Bertz CT molecular complexity index is 3510. The number of carbonyl (C=O) groups is 8. The minimum atomic E-state index is -0.939. The maximum absolute atomic E-state index is 12.5. The van der Waals surface area contributed by atoms with Crippen LogP contribution in [0.4, 0.5) is 0 Å². The Morgan fingerprint density at radius 1 is 0.162 bits per heavy atom. The Labute approximate surface area is 782 Å². The molecule has 0 aromatic heterocycles. The summed E-state index contributed by atoms with van der Waals surface area (Å²) in [4.78, 5) is 120. The average Bonchev–Trinajstić information content (AvgIpc) is 0.941. The van der Waals surface area contributed by atoms with Gasteiger partial charge in [0.2, 0.25) is 0 Å². The van der Waals surface area contributed by atoms with E-state index in [0.717, 1.165) is 0 Å². The molecule has 0 aliphatic heterocycles. The van der Waals surface area contributed by atoms with Gasteiger partial charge in [-0.05, 0) is 102 Å². The van der Waals surface area contributed by atoms with E-state index in [4.69, 9.17) is 182 Å². The molecule has 0 N–H and O–H groups in total. The molecule has 6 atom stereocenters. The molecule has 770 valence electrons. The van der Waals surface area contributed by atoms with E-state index >= 15 is 0 Å². The SMILES string of the molecule is [N-]=[N+]=NCCCOC(=O)COCCCOCC(COCC(COCC(COCC(COCC(COCC(COCCOCC(=O)OCCCN=[N+]=[N-])OCCOCC(=O)OCCCN=[N+]=[N-])OCCOCC(=O)OCCCN=[N+]=[N-])OCCOCC(=O)OCCCN=[N+]=[N-])OCCOCC(=O)OCCCN=[N+]=[N-])OCCOCC(=O)OCCCN=[N+]=[N-])OCCOCC(=O)OCCCN=[N+]=[N-]. The van der Waals surface area contributed by atoms with Crippen LogP contribution in [0.1, 0.15) is 57.8 Å². The summed E-state index contributed by atoms with van der Waals surface area (Å²) in [7, 11) is 0. The van der Waals surface area contributed by atoms with Gasteiger partial charge in [-0.25, -0.2) is 38.4 Å². The molecule has 0 radical (unpaired) electrons. The molecule has 136 heavy (non-hydrogen) atoms. The van der Waals surface area contributed by atoms with Gasteiger partial charge in [0.15, 0.2) is 0 Å². The number of hydrogen-bond acceptors (Lipinski definition) is 45. The summed E-state index contributed by atoms with van der Waals surface area (Å²) in [6.45, 7) is -5.84. The standard InChI is InChI=1S/C75H128N24O37/c76-92-84-10-1-20-129-68(100)54-109-19-9-18-108-42-62(123-36-30-112-56-70(102)131-22-3-12-86-94-78)44-118-46-64(125-38-32-114-58-72(104)133-24-5-14-88-96-80)48-120-50-66(127-40-34-116-60-74(106)135-26-7-16-90-98-82)52-122-53-67(128-41-35-117-61-75(107)136-27-8-17-91-99-83)51-121-49-65(126-39-33-115-59-73(105)134-25-6-15-89-97-81)47-119-45-63(124-37-31-113-57-71(103)132-23-4-13-87-95-79)43-110-28-29-111-55-69(101)130-21-2-11-85-93-77/h62-67H,1-61H2. The van der Waals surface area contributed by atoms with Crippen LogP contribution in [-0.4, -0.2) is 427 Å². The number of ether oxygens (including phenoxy) is 29. The van der Waals surface area contributed by atoms with Crippen molar-refractivity contribution in [3.05, 3.63) is 83.5 Å². The van der Waals surface area contributed by atoms with Crippen LogP contribution in [-0.2, 0) is 176 Å². The predicted molar refractivity (Wildman–Crippen MR) is 462 cm³/mol. The highest BCUT2D eigenvalue weighted by atomic mass is 16.7. The molecule has 0 aliphatic carbocycles. The molecular formula is C75H128N24O37. The summed E-state index contributed by atoms with van der Waals surface area (Å²) >= 11 is 0. The van der Waals surface area contributed by atoms with Gasteiger partial charge in [0.05, 0.1) is 225 Å². The Balaban J connectivity index is 7.24. The topological polar surface area (TPSA) is 794 Å². The van der Waals surface area contributed by atoms with Gasteiger partial charge in [-0.1, -0.05) is 40.9 Å². The molecule has 0 saturated heterocycles. The summed E-state index contributed by atoms with van der Waals surface area (Å²) in [5, 5.41) is 27.2. The lowest BCUT2D eigenvalue weighted by molar-refractivity contribution is -0.152. The lowest BCUT2D eigenvalue weighted by Gasteiger charge is -2.24. The molecule has 0 saturated carbocycles. The first-order valence-electron chi connectivity index (χ1n) is 43.3. The fourth-order valence-corrected chi connectivity index (χ4v) is 9.48. The zero-order chi connectivity index (χ0) is 99.0. The van der Waals surface area contributed by atoms with Gasteiger partial charge in [0.1, 0.15) is 89.5 Å². The summed E-state index contributed by atoms with van der Waals surface area (Å²) in [6.07, 6.45) is -2.58. The average molecular weight is 1960 g/mol. The lowest BCUT2D eigenvalue weighted by atomic mass is 10.3.